The average Bonchev–Trinajstić information content (AvgIpc) is 2.02. The monoisotopic (exact) mass is 219 g/mol. The van der Waals surface area contributed by atoms with Crippen molar-refractivity contribution < 1.29 is 4.79 Å². The molecule has 1 N–H and O–H groups in total. The van der Waals surface area contributed by atoms with Gasteiger partial charge in [0.15, 0.2) is 0 Å². The normalized spacial score (nSPS) is 15.3. The van der Waals surface area contributed by atoms with Crippen LogP contribution in [0.15, 0.2) is 0 Å². The first-order valence-corrected chi connectivity index (χ1v) is 5.84. The smallest absolute Gasteiger partial charge is 0.220 e. The van der Waals surface area contributed by atoms with E-state index < -0.39 is 0 Å². The zero-order valence-electron chi connectivity index (χ0n) is 9.69. The molecule has 3 heteroatoms. The Kier molecular flexibility index (Phi) is 6.17. The number of carbonyl (C=O) groups is 1. The van der Waals surface area contributed by atoms with Crippen molar-refractivity contribution in [1.82, 2.24) is 5.32 Å². The summed E-state index contributed by atoms with van der Waals surface area (Å²) in [7, 11) is 0. The van der Waals surface area contributed by atoms with Gasteiger partial charge in [0.25, 0.3) is 0 Å². The highest BCUT2D eigenvalue weighted by atomic mass is 35.5. The first kappa shape index (κ1) is 13.8. The van der Waals surface area contributed by atoms with Gasteiger partial charge < -0.3 is 5.32 Å². The van der Waals surface area contributed by atoms with Crippen LogP contribution in [0, 0.1) is 5.92 Å². The number of hydrogen-bond acceptors (Lipinski definition) is 1. The molecule has 0 radical (unpaired) electrons. The molecule has 0 saturated heterocycles. The number of rotatable bonds is 6. The molecule has 0 saturated carbocycles. The summed E-state index contributed by atoms with van der Waals surface area (Å²) < 4.78 is 0. The van der Waals surface area contributed by atoms with Gasteiger partial charge in [-0.15, -0.1) is 11.6 Å². The molecule has 1 atom stereocenters. The fourth-order valence-electron chi connectivity index (χ4n) is 1.29. The van der Waals surface area contributed by atoms with E-state index in [1.807, 2.05) is 20.8 Å². The first-order valence-electron chi connectivity index (χ1n) is 5.30. The van der Waals surface area contributed by atoms with Gasteiger partial charge in [-0.05, 0) is 25.7 Å². The van der Waals surface area contributed by atoms with Crippen molar-refractivity contribution in [2.24, 2.45) is 5.92 Å². The minimum Gasteiger partial charge on any atom is -0.351 e. The lowest BCUT2D eigenvalue weighted by atomic mass is 9.95. The molecule has 14 heavy (non-hydrogen) atoms. The largest absolute Gasteiger partial charge is 0.351 e. The highest BCUT2D eigenvalue weighted by Crippen LogP contribution is 2.15. The molecule has 0 aromatic rings. The van der Waals surface area contributed by atoms with E-state index in [4.69, 9.17) is 11.6 Å². The van der Waals surface area contributed by atoms with Crippen molar-refractivity contribution in [3.05, 3.63) is 0 Å². The first-order chi connectivity index (χ1) is 6.43. The van der Waals surface area contributed by atoms with E-state index in [2.05, 4.69) is 12.2 Å². The molecule has 2 nitrogen and oxygen atoms in total. The zero-order valence-corrected chi connectivity index (χ0v) is 10.4. The van der Waals surface area contributed by atoms with Crippen LogP contribution in [0.1, 0.15) is 47.0 Å². The molecule has 0 aromatic heterocycles. The summed E-state index contributed by atoms with van der Waals surface area (Å²) in [6.45, 7) is 8.21. The van der Waals surface area contributed by atoms with Gasteiger partial charge in [-0.1, -0.05) is 20.8 Å². The van der Waals surface area contributed by atoms with Crippen LogP contribution < -0.4 is 5.32 Å². The molecule has 0 fully saturated rings. The lowest BCUT2D eigenvalue weighted by Crippen LogP contribution is -2.46. The average molecular weight is 220 g/mol. The van der Waals surface area contributed by atoms with E-state index in [1.54, 1.807) is 0 Å². The third-order valence-electron chi connectivity index (χ3n) is 2.46. The molecule has 0 rings (SSSR count). The van der Waals surface area contributed by atoms with Gasteiger partial charge in [-0.25, -0.2) is 0 Å². The molecule has 84 valence electrons. The van der Waals surface area contributed by atoms with E-state index in [-0.39, 0.29) is 11.4 Å². The number of nitrogens with one attached hydrogen (secondary N) is 1. The molecular formula is C11H22ClNO. The number of halogens is 1. The molecule has 0 aliphatic heterocycles. The zero-order chi connectivity index (χ0) is 11.2. The summed E-state index contributed by atoms with van der Waals surface area (Å²) in [5.41, 5.74) is -0.131. The van der Waals surface area contributed by atoms with Crippen LogP contribution in [0.2, 0.25) is 0 Å². The van der Waals surface area contributed by atoms with Crippen LogP contribution in [-0.2, 0) is 4.79 Å². The van der Waals surface area contributed by atoms with Gasteiger partial charge in [-0.2, -0.15) is 0 Å². The highest BCUT2D eigenvalue weighted by Gasteiger charge is 2.23. The van der Waals surface area contributed by atoms with Crippen LogP contribution in [0.5, 0.6) is 0 Å². The molecule has 1 amide bonds. The van der Waals surface area contributed by atoms with Crippen molar-refractivity contribution in [3.8, 4) is 0 Å². The van der Waals surface area contributed by atoms with Crippen LogP contribution in [0.3, 0.4) is 0 Å². The van der Waals surface area contributed by atoms with Crippen molar-refractivity contribution in [2.75, 3.05) is 5.88 Å². The Balaban J connectivity index is 4.10. The summed E-state index contributed by atoms with van der Waals surface area (Å²) in [5, 5.41) is 3.05. The molecule has 0 aliphatic carbocycles. The number of alkyl halides is 1. The van der Waals surface area contributed by atoms with Crippen LogP contribution in [0.25, 0.3) is 0 Å². The van der Waals surface area contributed by atoms with Crippen molar-refractivity contribution in [2.45, 2.75) is 52.5 Å². The van der Waals surface area contributed by atoms with Crippen LogP contribution in [-0.4, -0.2) is 17.3 Å². The summed E-state index contributed by atoms with van der Waals surface area (Å²) >= 11 is 5.70. The lowest BCUT2D eigenvalue weighted by Gasteiger charge is -2.29. The molecule has 0 heterocycles. The van der Waals surface area contributed by atoms with E-state index >= 15 is 0 Å². The topological polar surface area (TPSA) is 29.1 Å². The Morgan fingerprint density at radius 3 is 2.43 bits per heavy atom. The van der Waals surface area contributed by atoms with Crippen molar-refractivity contribution in [3.63, 3.8) is 0 Å². The Bertz CT molecular complexity index is 182. The number of hydrogen-bond donors (Lipinski definition) is 1. The van der Waals surface area contributed by atoms with Gasteiger partial charge in [0.1, 0.15) is 0 Å². The van der Waals surface area contributed by atoms with Gasteiger partial charge in [0.2, 0.25) is 5.91 Å². The van der Waals surface area contributed by atoms with E-state index in [1.165, 1.54) is 0 Å². The van der Waals surface area contributed by atoms with Crippen molar-refractivity contribution >= 4 is 17.5 Å². The molecular weight excluding hydrogens is 198 g/mol. The third kappa shape index (κ3) is 5.48. The van der Waals surface area contributed by atoms with Gasteiger partial charge in [0, 0.05) is 17.8 Å². The van der Waals surface area contributed by atoms with Crippen molar-refractivity contribution in [1.29, 1.82) is 0 Å². The molecule has 1 unspecified atom stereocenters. The standard InChI is InChI=1S/C11H22ClNO/c1-5-11(4,6-7-12)13-10(14)8-9(2)3/h9H,5-8H2,1-4H3,(H,13,14). The Hall–Kier alpha value is -0.240. The summed E-state index contributed by atoms with van der Waals surface area (Å²) in [6, 6.07) is 0. The Morgan fingerprint density at radius 2 is 2.07 bits per heavy atom. The second kappa shape index (κ2) is 6.28. The quantitative estimate of drug-likeness (QED) is 0.684. The van der Waals surface area contributed by atoms with Crippen LogP contribution in [0.4, 0.5) is 0 Å². The molecule has 0 aliphatic rings. The maximum atomic E-state index is 11.5. The fourth-order valence-corrected chi connectivity index (χ4v) is 1.71. The van der Waals surface area contributed by atoms with Gasteiger partial charge in [0.05, 0.1) is 0 Å². The maximum Gasteiger partial charge on any atom is 0.220 e. The number of carbonyl (C=O) groups excluding carboxylic acids is 1. The second-order valence-corrected chi connectivity index (χ2v) is 4.88. The maximum absolute atomic E-state index is 11.5. The molecule has 0 aromatic carbocycles. The van der Waals surface area contributed by atoms with Gasteiger partial charge >= 0.3 is 0 Å². The SMILES string of the molecule is CCC(C)(CCCl)NC(=O)CC(C)C. The minimum absolute atomic E-state index is 0.131. The van der Waals surface area contributed by atoms with Gasteiger partial charge in [-0.3, -0.25) is 4.79 Å². The third-order valence-corrected chi connectivity index (χ3v) is 2.65. The lowest BCUT2D eigenvalue weighted by molar-refractivity contribution is -0.123. The molecule has 0 spiro atoms. The highest BCUT2D eigenvalue weighted by molar-refractivity contribution is 6.17. The second-order valence-electron chi connectivity index (χ2n) is 4.50. The van der Waals surface area contributed by atoms with E-state index in [0.29, 0.717) is 18.2 Å². The predicted octanol–water partition coefficient (Wildman–Crippen LogP) is 2.95. The summed E-state index contributed by atoms with van der Waals surface area (Å²) in [4.78, 5) is 11.5. The van der Waals surface area contributed by atoms with E-state index in [0.717, 1.165) is 12.8 Å². The Labute approximate surface area is 92.4 Å². The summed E-state index contributed by atoms with van der Waals surface area (Å²) in [6.07, 6.45) is 2.34. The molecule has 0 bridgehead atoms. The minimum atomic E-state index is -0.131. The number of amides is 1. The fraction of sp³-hybridized carbons (Fsp3) is 0.909. The predicted molar refractivity (Wildman–Crippen MR) is 61.6 cm³/mol. The summed E-state index contributed by atoms with van der Waals surface area (Å²) in [5.74, 6) is 1.13. The van der Waals surface area contributed by atoms with Crippen LogP contribution >= 0.6 is 11.6 Å². The Morgan fingerprint density at radius 1 is 1.50 bits per heavy atom. The van der Waals surface area contributed by atoms with E-state index in [9.17, 15) is 4.79 Å².